The summed E-state index contributed by atoms with van der Waals surface area (Å²) in [6.45, 7) is 1.46. The number of ketones is 2. The van der Waals surface area contributed by atoms with Crippen LogP contribution in [0, 0.1) is 11.3 Å². The fourth-order valence-corrected chi connectivity index (χ4v) is 4.02. The first kappa shape index (κ1) is 25.8. The molecule has 12 heteroatoms. The predicted molar refractivity (Wildman–Crippen MR) is 127 cm³/mol. The van der Waals surface area contributed by atoms with Crippen molar-refractivity contribution in [3.8, 4) is 11.8 Å². The van der Waals surface area contributed by atoms with E-state index in [0.717, 1.165) is 11.6 Å². The molecule has 2 aromatic rings. The summed E-state index contributed by atoms with van der Waals surface area (Å²) in [6.07, 6.45) is -4.45. The number of amides is 1. The van der Waals surface area contributed by atoms with Gasteiger partial charge >= 0.3 is 6.18 Å². The molecule has 0 spiro atoms. The van der Waals surface area contributed by atoms with Crippen LogP contribution >= 0.6 is 11.6 Å². The highest BCUT2D eigenvalue weighted by Gasteiger charge is 2.39. The smallest absolute Gasteiger partial charge is 0.420 e. The molecule has 4 rings (SSSR count). The molecular weight excluding hydrogens is 513 g/mol. The lowest BCUT2D eigenvalue weighted by Crippen LogP contribution is -2.36. The molecule has 1 amide bonds. The van der Waals surface area contributed by atoms with Gasteiger partial charge < -0.3 is 4.74 Å². The number of nitriles is 1. The summed E-state index contributed by atoms with van der Waals surface area (Å²) in [7, 11) is 0. The molecule has 0 N–H and O–H groups in total. The van der Waals surface area contributed by atoms with E-state index >= 15 is 0 Å². The number of alkyl halides is 3. The Kier molecular flexibility index (Phi) is 6.96. The number of halogens is 4. The molecule has 37 heavy (non-hydrogen) atoms. The molecule has 0 saturated heterocycles. The van der Waals surface area contributed by atoms with Crippen molar-refractivity contribution in [3.05, 3.63) is 70.3 Å². The topological polar surface area (TPSA) is 112 Å². The van der Waals surface area contributed by atoms with Crippen molar-refractivity contribution in [2.45, 2.75) is 25.4 Å². The third kappa shape index (κ3) is 5.29. The highest BCUT2D eigenvalue weighted by atomic mass is 35.5. The van der Waals surface area contributed by atoms with Gasteiger partial charge in [0.2, 0.25) is 17.4 Å². The van der Waals surface area contributed by atoms with Crippen molar-refractivity contribution in [1.29, 1.82) is 5.26 Å². The summed E-state index contributed by atoms with van der Waals surface area (Å²) in [6, 6.07) is 12.1. The first-order valence-corrected chi connectivity index (χ1v) is 11.1. The second-order valence-electron chi connectivity index (χ2n) is 8.08. The van der Waals surface area contributed by atoms with Crippen LogP contribution in [0.1, 0.15) is 30.4 Å². The second kappa shape index (κ2) is 9.99. The number of aliphatic imine (C=N–C) groups is 1. The van der Waals surface area contributed by atoms with Gasteiger partial charge in [0.05, 0.1) is 17.1 Å². The molecule has 188 valence electrons. The molecule has 1 unspecified atom stereocenters. The predicted octanol–water partition coefficient (Wildman–Crippen LogP) is 4.63. The zero-order chi connectivity index (χ0) is 26.9. The molecular formula is C25H16ClF3N4O4. The SMILES string of the molecule is CC(C1=CC(Oc2c(Cl)cc(N3N=C(C#N)C(=O)CC3=O)cc2C(F)(F)F)=NCC1=O)c1ccccc1. The van der Waals surface area contributed by atoms with Crippen LogP contribution in [0.25, 0.3) is 0 Å². The lowest BCUT2D eigenvalue weighted by Gasteiger charge is -2.24. The molecule has 2 aliphatic rings. The summed E-state index contributed by atoms with van der Waals surface area (Å²) in [5, 5.41) is 12.6. The molecule has 1 atom stereocenters. The highest BCUT2D eigenvalue weighted by molar-refractivity contribution is 6.50. The number of Topliss-reactive ketones (excluding diaryl/α,β-unsaturated/α-hetero) is 2. The number of anilines is 1. The van der Waals surface area contributed by atoms with E-state index < -0.39 is 52.0 Å². The number of ether oxygens (including phenoxy) is 1. The third-order valence-electron chi connectivity index (χ3n) is 5.65. The molecule has 0 bridgehead atoms. The zero-order valence-electron chi connectivity index (χ0n) is 19.0. The van der Waals surface area contributed by atoms with Gasteiger partial charge in [0.25, 0.3) is 5.91 Å². The van der Waals surface area contributed by atoms with E-state index in [2.05, 4.69) is 10.1 Å². The number of rotatable bonds is 4. The lowest BCUT2D eigenvalue weighted by atomic mass is 9.89. The summed E-state index contributed by atoms with van der Waals surface area (Å²) in [5.74, 6) is -3.49. The Labute approximate surface area is 213 Å². The van der Waals surface area contributed by atoms with Crippen LogP contribution in [0.3, 0.4) is 0 Å². The third-order valence-corrected chi connectivity index (χ3v) is 5.93. The van der Waals surface area contributed by atoms with Crippen molar-refractivity contribution in [1.82, 2.24) is 0 Å². The number of carbonyl (C=O) groups is 3. The molecule has 2 heterocycles. The Morgan fingerprint density at radius 1 is 1.14 bits per heavy atom. The number of hydrazone groups is 1. The van der Waals surface area contributed by atoms with Crippen LogP contribution in [-0.2, 0) is 20.6 Å². The Hall–Kier alpha value is -4.30. The maximum Gasteiger partial charge on any atom is 0.420 e. The van der Waals surface area contributed by atoms with E-state index in [0.29, 0.717) is 16.6 Å². The van der Waals surface area contributed by atoms with Crippen LogP contribution in [0.4, 0.5) is 18.9 Å². The lowest BCUT2D eigenvalue weighted by molar-refractivity contribution is -0.138. The van der Waals surface area contributed by atoms with Gasteiger partial charge in [-0.3, -0.25) is 14.4 Å². The van der Waals surface area contributed by atoms with Gasteiger partial charge in [-0.2, -0.15) is 28.5 Å². The maximum atomic E-state index is 14.0. The fraction of sp³-hybridized carbons (Fsp3) is 0.200. The minimum atomic E-state index is -4.99. The molecule has 0 radical (unpaired) electrons. The Morgan fingerprint density at radius 2 is 1.84 bits per heavy atom. The number of hydrogen-bond donors (Lipinski definition) is 0. The van der Waals surface area contributed by atoms with Crippen LogP contribution < -0.4 is 9.75 Å². The summed E-state index contributed by atoms with van der Waals surface area (Å²) in [5.41, 5.74) is -1.26. The Morgan fingerprint density at radius 3 is 2.49 bits per heavy atom. The Bertz CT molecular complexity index is 1440. The van der Waals surface area contributed by atoms with E-state index in [1.54, 1.807) is 19.1 Å². The normalized spacial score (nSPS) is 17.0. The minimum absolute atomic E-state index is 0.248. The average Bonchev–Trinajstić information content (AvgIpc) is 2.85. The van der Waals surface area contributed by atoms with Gasteiger partial charge in [0, 0.05) is 17.6 Å². The van der Waals surface area contributed by atoms with E-state index in [-0.39, 0.29) is 24.1 Å². The molecule has 0 aromatic heterocycles. The van der Waals surface area contributed by atoms with Gasteiger partial charge in [-0.25, -0.2) is 4.99 Å². The first-order chi connectivity index (χ1) is 17.5. The van der Waals surface area contributed by atoms with Gasteiger partial charge in [0.1, 0.15) is 18.2 Å². The largest absolute Gasteiger partial charge is 0.437 e. The highest BCUT2D eigenvalue weighted by Crippen LogP contribution is 2.44. The Balaban J connectivity index is 1.72. The monoisotopic (exact) mass is 528 g/mol. The quantitative estimate of drug-likeness (QED) is 0.537. The van der Waals surface area contributed by atoms with E-state index in [4.69, 9.17) is 21.6 Å². The number of carbonyl (C=O) groups excluding carboxylic acids is 3. The molecule has 0 fully saturated rings. The van der Waals surface area contributed by atoms with Gasteiger partial charge in [0.15, 0.2) is 11.5 Å². The van der Waals surface area contributed by atoms with Crippen molar-refractivity contribution in [2.75, 3.05) is 11.6 Å². The number of nitrogens with zero attached hydrogens (tertiary/aromatic N) is 4. The van der Waals surface area contributed by atoms with E-state index in [1.807, 2.05) is 18.2 Å². The molecule has 2 aromatic carbocycles. The van der Waals surface area contributed by atoms with Gasteiger partial charge in [-0.05, 0) is 17.7 Å². The van der Waals surface area contributed by atoms with Crippen molar-refractivity contribution in [3.63, 3.8) is 0 Å². The standard InChI is InChI=1S/C25H16ClF3N4O4/c1-13(14-5-3-2-4-6-14)16-9-22(31-12-21(16)35)37-24-17(25(27,28)29)7-15(8-18(24)26)33-23(36)10-20(34)19(11-30)32-33/h2-9,13H,10,12H2,1H3. The molecule has 0 saturated carbocycles. The van der Waals surface area contributed by atoms with Gasteiger partial charge in [-0.1, -0.05) is 48.9 Å². The number of dihydropyridines is 1. The number of hydrogen-bond acceptors (Lipinski definition) is 7. The second-order valence-corrected chi connectivity index (χ2v) is 8.49. The summed E-state index contributed by atoms with van der Waals surface area (Å²) < 4.78 is 47.5. The van der Waals surface area contributed by atoms with Gasteiger partial charge in [-0.15, -0.1) is 0 Å². The van der Waals surface area contributed by atoms with E-state index in [1.165, 1.54) is 12.1 Å². The fourth-order valence-electron chi connectivity index (χ4n) is 3.76. The van der Waals surface area contributed by atoms with E-state index in [9.17, 15) is 27.6 Å². The molecule has 0 aliphatic carbocycles. The van der Waals surface area contributed by atoms with Crippen molar-refractivity contribution in [2.24, 2.45) is 10.1 Å². The molecule has 8 nitrogen and oxygen atoms in total. The summed E-state index contributed by atoms with van der Waals surface area (Å²) >= 11 is 6.16. The van der Waals surface area contributed by atoms with Crippen LogP contribution in [0.5, 0.6) is 5.75 Å². The summed E-state index contributed by atoms with van der Waals surface area (Å²) in [4.78, 5) is 40.4. The number of benzene rings is 2. The minimum Gasteiger partial charge on any atom is -0.437 e. The van der Waals surface area contributed by atoms with Crippen molar-refractivity contribution < 1.29 is 32.3 Å². The molecule has 2 aliphatic heterocycles. The van der Waals surface area contributed by atoms with Crippen LogP contribution in [0.2, 0.25) is 5.02 Å². The van der Waals surface area contributed by atoms with Crippen LogP contribution in [0.15, 0.2) is 64.2 Å². The van der Waals surface area contributed by atoms with Crippen molar-refractivity contribution >= 4 is 46.4 Å². The van der Waals surface area contributed by atoms with Crippen LogP contribution in [-0.4, -0.2) is 35.6 Å². The average molecular weight is 529 g/mol. The first-order valence-electron chi connectivity index (χ1n) is 10.8. The maximum absolute atomic E-state index is 14.0. The zero-order valence-corrected chi connectivity index (χ0v) is 19.8.